The smallest absolute Gasteiger partial charge is 0.401 e. The number of halogens is 3. The van der Waals surface area contributed by atoms with Gasteiger partial charge in [0, 0.05) is 13.1 Å². The van der Waals surface area contributed by atoms with E-state index in [1.165, 1.54) is 4.90 Å². The Morgan fingerprint density at radius 2 is 2.00 bits per heavy atom. The maximum Gasteiger partial charge on any atom is 0.401 e. The molecule has 0 aromatic heterocycles. The van der Waals surface area contributed by atoms with Crippen LogP contribution in [0.5, 0.6) is 0 Å². The molecule has 0 radical (unpaired) electrons. The Morgan fingerprint density at radius 1 is 1.39 bits per heavy atom. The Labute approximate surface area is 102 Å². The largest absolute Gasteiger partial charge is 0.481 e. The lowest BCUT2D eigenvalue weighted by atomic mass is 9.99. The zero-order chi connectivity index (χ0) is 13.9. The summed E-state index contributed by atoms with van der Waals surface area (Å²) in [6, 6.07) is 0. The zero-order valence-corrected chi connectivity index (χ0v) is 9.83. The molecule has 18 heavy (non-hydrogen) atoms. The van der Waals surface area contributed by atoms with E-state index in [0.717, 1.165) is 0 Å². The highest BCUT2D eigenvalue weighted by molar-refractivity contribution is 5.80. The highest BCUT2D eigenvalue weighted by Crippen LogP contribution is 2.23. The van der Waals surface area contributed by atoms with E-state index in [1.807, 2.05) is 5.32 Å². The number of carboxylic acids is 1. The van der Waals surface area contributed by atoms with Crippen LogP contribution in [-0.2, 0) is 9.59 Å². The van der Waals surface area contributed by atoms with E-state index >= 15 is 0 Å². The minimum atomic E-state index is -4.36. The van der Waals surface area contributed by atoms with Crippen LogP contribution in [0.15, 0.2) is 0 Å². The van der Waals surface area contributed by atoms with Gasteiger partial charge in [0.15, 0.2) is 0 Å². The third-order valence-electron chi connectivity index (χ3n) is 2.88. The van der Waals surface area contributed by atoms with Crippen molar-refractivity contribution in [2.75, 3.05) is 26.2 Å². The molecule has 2 atom stereocenters. The van der Waals surface area contributed by atoms with Crippen molar-refractivity contribution in [1.82, 2.24) is 10.2 Å². The molecule has 5 nitrogen and oxygen atoms in total. The van der Waals surface area contributed by atoms with Gasteiger partial charge < -0.3 is 15.3 Å². The summed E-state index contributed by atoms with van der Waals surface area (Å²) in [6.07, 6.45) is -4.36. The average molecular weight is 268 g/mol. The van der Waals surface area contributed by atoms with Crippen LogP contribution in [0.4, 0.5) is 13.2 Å². The predicted octanol–water partition coefficient (Wildman–Crippen LogP) is 0.317. The fourth-order valence-corrected chi connectivity index (χ4v) is 1.91. The molecule has 0 spiro atoms. The summed E-state index contributed by atoms with van der Waals surface area (Å²) in [7, 11) is 0. The Bertz CT molecular complexity index is 333. The average Bonchev–Trinajstić information content (AvgIpc) is 2.58. The third kappa shape index (κ3) is 4.17. The molecule has 1 aliphatic heterocycles. The van der Waals surface area contributed by atoms with Crippen molar-refractivity contribution in [3.63, 3.8) is 0 Å². The number of aliphatic carboxylic acids is 1. The van der Waals surface area contributed by atoms with Gasteiger partial charge in [0.2, 0.25) is 5.91 Å². The summed E-state index contributed by atoms with van der Waals surface area (Å²) in [6.45, 7) is 0.366. The van der Waals surface area contributed by atoms with Gasteiger partial charge in [-0.2, -0.15) is 13.2 Å². The van der Waals surface area contributed by atoms with Gasteiger partial charge in [0.25, 0.3) is 0 Å². The van der Waals surface area contributed by atoms with E-state index in [-0.39, 0.29) is 19.0 Å². The maximum absolute atomic E-state index is 11.8. The molecule has 0 bridgehead atoms. The lowest BCUT2D eigenvalue weighted by molar-refractivity contribution is -0.142. The minimum absolute atomic E-state index is 0.0586. The Morgan fingerprint density at radius 3 is 2.44 bits per heavy atom. The Kier molecular flexibility index (Phi) is 4.55. The number of carboxylic acid groups (broad SMARTS) is 1. The molecule has 0 saturated carbocycles. The number of hydrogen-bond donors (Lipinski definition) is 2. The van der Waals surface area contributed by atoms with Gasteiger partial charge in [-0.25, -0.2) is 0 Å². The Balaban J connectivity index is 2.38. The van der Waals surface area contributed by atoms with E-state index in [4.69, 9.17) is 5.11 Å². The van der Waals surface area contributed by atoms with Gasteiger partial charge in [0.05, 0.1) is 19.0 Å². The van der Waals surface area contributed by atoms with Gasteiger partial charge in [-0.3, -0.25) is 9.59 Å². The van der Waals surface area contributed by atoms with Crippen molar-refractivity contribution < 1.29 is 27.9 Å². The maximum atomic E-state index is 11.8. The summed E-state index contributed by atoms with van der Waals surface area (Å²) in [5.41, 5.74) is 0. The summed E-state index contributed by atoms with van der Waals surface area (Å²) in [5.74, 6) is -2.32. The van der Waals surface area contributed by atoms with E-state index in [1.54, 1.807) is 6.92 Å². The quantitative estimate of drug-likeness (QED) is 0.770. The van der Waals surface area contributed by atoms with Crippen LogP contribution < -0.4 is 5.32 Å². The molecule has 0 aromatic carbocycles. The van der Waals surface area contributed by atoms with Crippen molar-refractivity contribution in [1.29, 1.82) is 0 Å². The molecule has 2 N–H and O–H groups in total. The second kappa shape index (κ2) is 5.55. The summed E-state index contributed by atoms with van der Waals surface area (Å²) < 4.78 is 35.5. The minimum Gasteiger partial charge on any atom is -0.481 e. The normalized spacial score (nSPS) is 24.3. The van der Waals surface area contributed by atoms with Crippen molar-refractivity contribution in [3.05, 3.63) is 0 Å². The van der Waals surface area contributed by atoms with E-state index in [0.29, 0.717) is 0 Å². The van der Waals surface area contributed by atoms with Gasteiger partial charge in [0.1, 0.15) is 0 Å². The number of alkyl halides is 3. The first kappa shape index (κ1) is 14.7. The first-order valence-corrected chi connectivity index (χ1v) is 5.48. The van der Waals surface area contributed by atoms with Crippen LogP contribution in [-0.4, -0.2) is 54.2 Å². The second-order valence-corrected chi connectivity index (χ2v) is 4.44. The number of carbonyl (C=O) groups excluding carboxylic acids is 1. The SMILES string of the molecule is CC1CN(C(=O)CNCC(F)(F)F)CC1C(=O)O. The molecule has 8 heteroatoms. The summed E-state index contributed by atoms with van der Waals surface area (Å²) in [5, 5.41) is 10.9. The summed E-state index contributed by atoms with van der Waals surface area (Å²) in [4.78, 5) is 23.7. The fourth-order valence-electron chi connectivity index (χ4n) is 1.91. The van der Waals surface area contributed by atoms with Gasteiger partial charge >= 0.3 is 12.1 Å². The number of nitrogens with one attached hydrogen (secondary N) is 1. The molecular weight excluding hydrogens is 253 g/mol. The fraction of sp³-hybridized carbons (Fsp3) is 0.800. The molecular formula is C10H15F3N2O3. The molecule has 0 aromatic rings. The van der Waals surface area contributed by atoms with Crippen LogP contribution >= 0.6 is 0 Å². The van der Waals surface area contributed by atoms with E-state index < -0.39 is 37.1 Å². The molecule has 1 aliphatic rings. The van der Waals surface area contributed by atoms with Crippen LogP contribution in [0, 0.1) is 11.8 Å². The third-order valence-corrected chi connectivity index (χ3v) is 2.88. The molecule has 1 saturated heterocycles. The van der Waals surface area contributed by atoms with Gasteiger partial charge in [-0.15, -0.1) is 0 Å². The van der Waals surface area contributed by atoms with Crippen molar-refractivity contribution in [3.8, 4) is 0 Å². The van der Waals surface area contributed by atoms with Crippen molar-refractivity contribution in [2.45, 2.75) is 13.1 Å². The molecule has 1 fully saturated rings. The molecule has 104 valence electrons. The topological polar surface area (TPSA) is 69.6 Å². The van der Waals surface area contributed by atoms with E-state index in [2.05, 4.69) is 0 Å². The lowest BCUT2D eigenvalue weighted by Gasteiger charge is -2.16. The number of carbonyl (C=O) groups is 2. The monoisotopic (exact) mass is 268 g/mol. The van der Waals surface area contributed by atoms with Gasteiger partial charge in [-0.1, -0.05) is 6.92 Å². The second-order valence-electron chi connectivity index (χ2n) is 4.44. The number of nitrogens with zero attached hydrogens (tertiary/aromatic N) is 1. The van der Waals surface area contributed by atoms with E-state index in [9.17, 15) is 22.8 Å². The number of hydrogen-bond acceptors (Lipinski definition) is 3. The first-order chi connectivity index (χ1) is 8.20. The summed E-state index contributed by atoms with van der Waals surface area (Å²) >= 11 is 0. The van der Waals surface area contributed by atoms with Crippen LogP contribution in [0.1, 0.15) is 6.92 Å². The highest BCUT2D eigenvalue weighted by Gasteiger charge is 2.37. The van der Waals surface area contributed by atoms with Gasteiger partial charge in [-0.05, 0) is 5.92 Å². The molecule has 0 aliphatic carbocycles. The highest BCUT2D eigenvalue weighted by atomic mass is 19.4. The molecule has 1 amide bonds. The molecule has 1 heterocycles. The standard InChI is InChI=1S/C10H15F3N2O3/c1-6-3-15(4-7(6)9(17)18)8(16)2-14-5-10(11,12)13/h6-7,14H,2-5H2,1H3,(H,17,18). The first-order valence-electron chi connectivity index (χ1n) is 5.48. The number of amides is 1. The predicted molar refractivity (Wildman–Crippen MR) is 55.8 cm³/mol. The number of rotatable bonds is 4. The number of likely N-dealkylation sites (tertiary alicyclic amines) is 1. The molecule has 2 unspecified atom stereocenters. The zero-order valence-electron chi connectivity index (χ0n) is 9.83. The van der Waals surface area contributed by atoms with Crippen LogP contribution in [0.25, 0.3) is 0 Å². The van der Waals surface area contributed by atoms with Crippen molar-refractivity contribution in [2.24, 2.45) is 11.8 Å². The lowest BCUT2D eigenvalue weighted by Crippen LogP contribution is -2.40. The van der Waals surface area contributed by atoms with Crippen molar-refractivity contribution >= 4 is 11.9 Å². The van der Waals surface area contributed by atoms with Crippen LogP contribution in [0.3, 0.4) is 0 Å². The van der Waals surface area contributed by atoms with Crippen LogP contribution in [0.2, 0.25) is 0 Å². The molecule has 1 rings (SSSR count). The Hall–Kier alpha value is -1.31.